The molecule has 1 aromatic carbocycles. The zero-order valence-electron chi connectivity index (χ0n) is 10.3. The number of aryl methyl sites for hydroxylation is 1. The van der Waals surface area contributed by atoms with Crippen molar-refractivity contribution in [3.05, 3.63) is 41.7 Å². The molecule has 0 saturated carbocycles. The zero-order chi connectivity index (χ0) is 11.8. The highest BCUT2D eigenvalue weighted by Gasteiger charge is 2.15. The molecule has 2 rings (SSSR count). The van der Waals surface area contributed by atoms with Crippen LogP contribution in [0.5, 0.6) is 0 Å². The quantitative estimate of drug-likeness (QED) is 0.770. The first-order chi connectivity index (χ1) is 7.48. The van der Waals surface area contributed by atoms with Gasteiger partial charge in [0.05, 0.1) is 6.20 Å². The van der Waals surface area contributed by atoms with Gasteiger partial charge in [-0.25, -0.2) is 0 Å². The molecular formula is C14H18N2. The molecule has 1 N–H and O–H groups in total. The Hall–Kier alpha value is -1.57. The maximum Gasteiger partial charge on any atom is 0.0565 e. The average Bonchev–Trinajstić information content (AvgIpc) is 2.69. The standard InChI is InChI=1S/C14H18N2/c1-10-5-6-12(14(2,3)4)7-13(10)11-8-15-16-9-11/h5-9H,1-4H3,(H,15,16). The van der Waals surface area contributed by atoms with Crippen molar-refractivity contribution < 1.29 is 0 Å². The molecule has 0 amide bonds. The van der Waals surface area contributed by atoms with E-state index >= 15 is 0 Å². The first-order valence-electron chi connectivity index (χ1n) is 5.59. The molecule has 1 heterocycles. The van der Waals surface area contributed by atoms with Crippen LogP contribution in [0.4, 0.5) is 0 Å². The number of hydrogen-bond acceptors (Lipinski definition) is 1. The molecule has 2 nitrogen and oxygen atoms in total. The molecule has 0 radical (unpaired) electrons. The summed E-state index contributed by atoms with van der Waals surface area (Å²) in [5.41, 5.74) is 5.25. The Morgan fingerprint density at radius 2 is 1.94 bits per heavy atom. The highest BCUT2D eigenvalue weighted by Crippen LogP contribution is 2.29. The van der Waals surface area contributed by atoms with E-state index in [1.807, 2.05) is 12.4 Å². The van der Waals surface area contributed by atoms with Gasteiger partial charge in [-0.1, -0.05) is 39.0 Å². The summed E-state index contributed by atoms with van der Waals surface area (Å²) in [5, 5.41) is 6.87. The van der Waals surface area contributed by atoms with Crippen molar-refractivity contribution in [1.29, 1.82) is 0 Å². The van der Waals surface area contributed by atoms with Gasteiger partial charge in [0.1, 0.15) is 0 Å². The number of nitrogens with one attached hydrogen (secondary N) is 1. The zero-order valence-corrected chi connectivity index (χ0v) is 10.3. The molecule has 2 heteroatoms. The second-order valence-electron chi connectivity index (χ2n) is 5.27. The predicted octanol–water partition coefficient (Wildman–Crippen LogP) is 3.68. The fourth-order valence-electron chi connectivity index (χ4n) is 1.80. The first kappa shape index (κ1) is 10.9. The van der Waals surface area contributed by atoms with Crippen LogP contribution in [0.25, 0.3) is 11.1 Å². The summed E-state index contributed by atoms with van der Waals surface area (Å²) in [5.74, 6) is 0. The van der Waals surface area contributed by atoms with E-state index in [0.29, 0.717) is 0 Å². The minimum absolute atomic E-state index is 0.187. The molecule has 16 heavy (non-hydrogen) atoms. The topological polar surface area (TPSA) is 28.7 Å². The van der Waals surface area contributed by atoms with Crippen molar-refractivity contribution in [2.45, 2.75) is 33.1 Å². The molecule has 0 aliphatic carbocycles. The fraction of sp³-hybridized carbons (Fsp3) is 0.357. The van der Waals surface area contributed by atoms with Crippen LogP contribution in [0.1, 0.15) is 31.9 Å². The van der Waals surface area contributed by atoms with Gasteiger partial charge < -0.3 is 0 Å². The van der Waals surface area contributed by atoms with E-state index in [4.69, 9.17) is 0 Å². The van der Waals surface area contributed by atoms with Crippen LogP contribution < -0.4 is 0 Å². The average molecular weight is 214 g/mol. The molecule has 0 saturated heterocycles. The van der Waals surface area contributed by atoms with E-state index in [1.165, 1.54) is 16.7 Å². The molecule has 0 fully saturated rings. The third kappa shape index (κ3) is 2.01. The van der Waals surface area contributed by atoms with Gasteiger partial charge >= 0.3 is 0 Å². The number of rotatable bonds is 1. The summed E-state index contributed by atoms with van der Waals surface area (Å²) in [4.78, 5) is 0. The largest absolute Gasteiger partial charge is 0.285 e. The Kier molecular flexibility index (Phi) is 2.58. The Bertz CT molecular complexity index is 476. The van der Waals surface area contributed by atoms with E-state index in [-0.39, 0.29) is 5.41 Å². The lowest BCUT2D eigenvalue weighted by Gasteiger charge is -2.20. The lowest BCUT2D eigenvalue weighted by Crippen LogP contribution is -2.11. The second kappa shape index (κ2) is 3.78. The van der Waals surface area contributed by atoms with Crippen LogP contribution in [0.15, 0.2) is 30.6 Å². The predicted molar refractivity (Wildman–Crippen MR) is 67.5 cm³/mol. The number of H-pyrrole nitrogens is 1. The first-order valence-corrected chi connectivity index (χ1v) is 5.59. The maximum atomic E-state index is 4.01. The summed E-state index contributed by atoms with van der Waals surface area (Å²) in [6, 6.07) is 6.65. The Morgan fingerprint density at radius 3 is 2.50 bits per heavy atom. The fourth-order valence-corrected chi connectivity index (χ4v) is 1.80. The van der Waals surface area contributed by atoms with Gasteiger partial charge in [-0.3, -0.25) is 5.10 Å². The SMILES string of the molecule is Cc1ccc(C(C)(C)C)cc1-c1cn[nH]c1. The monoisotopic (exact) mass is 214 g/mol. The van der Waals surface area contributed by atoms with E-state index in [1.54, 1.807) is 0 Å². The lowest BCUT2D eigenvalue weighted by molar-refractivity contribution is 0.590. The molecule has 0 bridgehead atoms. The van der Waals surface area contributed by atoms with Crippen molar-refractivity contribution >= 4 is 0 Å². The summed E-state index contributed by atoms with van der Waals surface area (Å²) in [6.45, 7) is 8.83. The number of aromatic nitrogens is 2. The summed E-state index contributed by atoms with van der Waals surface area (Å²) in [7, 11) is 0. The normalized spacial score (nSPS) is 11.8. The van der Waals surface area contributed by atoms with Gasteiger partial charge in [0.15, 0.2) is 0 Å². The van der Waals surface area contributed by atoms with E-state index in [9.17, 15) is 0 Å². The van der Waals surface area contributed by atoms with E-state index < -0.39 is 0 Å². The smallest absolute Gasteiger partial charge is 0.0565 e. The third-order valence-electron chi connectivity index (χ3n) is 2.91. The van der Waals surface area contributed by atoms with Crippen molar-refractivity contribution in [2.24, 2.45) is 0 Å². The van der Waals surface area contributed by atoms with Gasteiger partial charge in [-0.15, -0.1) is 0 Å². The van der Waals surface area contributed by atoms with Gasteiger partial charge in [0.25, 0.3) is 0 Å². The summed E-state index contributed by atoms with van der Waals surface area (Å²) >= 11 is 0. The molecule has 0 unspecified atom stereocenters. The minimum Gasteiger partial charge on any atom is -0.285 e. The molecule has 0 spiro atoms. The summed E-state index contributed by atoms with van der Waals surface area (Å²) in [6.07, 6.45) is 3.81. The van der Waals surface area contributed by atoms with Gasteiger partial charge in [-0.05, 0) is 29.0 Å². The van der Waals surface area contributed by atoms with Crippen LogP contribution in [0.2, 0.25) is 0 Å². The Labute approximate surface area is 96.7 Å². The summed E-state index contributed by atoms with van der Waals surface area (Å²) < 4.78 is 0. The minimum atomic E-state index is 0.187. The lowest BCUT2D eigenvalue weighted by atomic mass is 9.84. The Morgan fingerprint density at radius 1 is 1.19 bits per heavy atom. The van der Waals surface area contributed by atoms with Gasteiger partial charge in [-0.2, -0.15) is 5.10 Å². The third-order valence-corrected chi connectivity index (χ3v) is 2.91. The van der Waals surface area contributed by atoms with Crippen LogP contribution >= 0.6 is 0 Å². The van der Waals surface area contributed by atoms with Crippen molar-refractivity contribution in [3.8, 4) is 11.1 Å². The maximum absolute atomic E-state index is 4.01. The van der Waals surface area contributed by atoms with Crippen LogP contribution in [-0.2, 0) is 5.41 Å². The highest BCUT2D eigenvalue weighted by molar-refractivity contribution is 5.66. The van der Waals surface area contributed by atoms with Crippen LogP contribution in [0, 0.1) is 6.92 Å². The van der Waals surface area contributed by atoms with Crippen molar-refractivity contribution in [3.63, 3.8) is 0 Å². The second-order valence-corrected chi connectivity index (χ2v) is 5.27. The number of nitrogens with zero attached hydrogens (tertiary/aromatic N) is 1. The molecule has 0 aliphatic heterocycles. The highest BCUT2D eigenvalue weighted by atomic mass is 15.1. The Balaban J connectivity index is 2.54. The van der Waals surface area contributed by atoms with Gasteiger partial charge in [0.2, 0.25) is 0 Å². The molecular weight excluding hydrogens is 196 g/mol. The number of benzene rings is 1. The van der Waals surface area contributed by atoms with Crippen molar-refractivity contribution in [2.75, 3.05) is 0 Å². The number of aromatic amines is 1. The van der Waals surface area contributed by atoms with Crippen LogP contribution in [-0.4, -0.2) is 10.2 Å². The van der Waals surface area contributed by atoms with E-state index in [0.717, 1.165) is 5.56 Å². The van der Waals surface area contributed by atoms with Crippen LogP contribution in [0.3, 0.4) is 0 Å². The molecule has 0 atom stereocenters. The molecule has 0 aliphatic rings. The van der Waals surface area contributed by atoms with E-state index in [2.05, 4.69) is 56.1 Å². The molecule has 2 aromatic rings. The van der Waals surface area contributed by atoms with Crippen molar-refractivity contribution in [1.82, 2.24) is 10.2 Å². The molecule has 1 aromatic heterocycles. The van der Waals surface area contributed by atoms with Gasteiger partial charge in [0, 0.05) is 11.8 Å². The number of hydrogen-bond donors (Lipinski definition) is 1. The molecule has 84 valence electrons.